The fourth-order valence-corrected chi connectivity index (χ4v) is 1.15. The molecule has 0 saturated carbocycles. The van der Waals surface area contributed by atoms with Gasteiger partial charge in [-0.1, -0.05) is 26.2 Å². The molecule has 4 nitrogen and oxygen atoms in total. The first kappa shape index (κ1) is 12.9. The van der Waals surface area contributed by atoms with E-state index in [1.165, 1.54) is 7.11 Å². The monoisotopic (exact) mass is 201 g/mol. The van der Waals surface area contributed by atoms with Crippen LogP contribution in [-0.4, -0.2) is 25.0 Å². The van der Waals surface area contributed by atoms with Crippen molar-refractivity contribution in [1.29, 1.82) is 0 Å². The first-order valence-corrected chi connectivity index (χ1v) is 5.00. The number of carbonyl (C=O) groups is 2. The molecule has 0 aromatic carbocycles. The first-order chi connectivity index (χ1) is 6.61. The second kappa shape index (κ2) is 7.35. The standard InChI is InChI=1S/C10H19NO3/c1-4-5-6-7-8(2)11-9(12)10(13)14-3/h8H,4-7H2,1-3H3,(H,11,12). The van der Waals surface area contributed by atoms with Gasteiger partial charge in [0.2, 0.25) is 0 Å². The number of hydrogen-bond acceptors (Lipinski definition) is 3. The van der Waals surface area contributed by atoms with E-state index in [0.717, 1.165) is 25.7 Å². The van der Waals surface area contributed by atoms with E-state index in [1.807, 2.05) is 6.92 Å². The zero-order chi connectivity index (χ0) is 11.0. The highest BCUT2D eigenvalue weighted by Gasteiger charge is 2.15. The third kappa shape index (κ3) is 5.56. The topological polar surface area (TPSA) is 55.4 Å². The number of esters is 1. The molecule has 1 N–H and O–H groups in total. The molecule has 14 heavy (non-hydrogen) atoms. The van der Waals surface area contributed by atoms with Gasteiger partial charge in [0.15, 0.2) is 0 Å². The van der Waals surface area contributed by atoms with Gasteiger partial charge in [-0.3, -0.25) is 4.79 Å². The van der Waals surface area contributed by atoms with Crippen molar-refractivity contribution in [3.05, 3.63) is 0 Å². The van der Waals surface area contributed by atoms with Crippen LogP contribution in [0, 0.1) is 0 Å². The Balaban J connectivity index is 3.65. The maximum atomic E-state index is 11.0. The van der Waals surface area contributed by atoms with E-state index in [0.29, 0.717) is 0 Å². The molecule has 0 aliphatic heterocycles. The molecule has 0 spiro atoms. The summed E-state index contributed by atoms with van der Waals surface area (Å²) in [6, 6.07) is 0.0353. The van der Waals surface area contributed by atoms with Crippen molar-refractivity contribution in [3.8, 4) is 0 Å². The Labute approximate surface area is 85.0 Å². The smallest absolute Gasteiger partial charge is 0.396 e. The van der Waals surface area contributed by atoms with Crippen molar-refractivity contribution < 1.29 is 14.3 Å². The molecule has 0 bridgehead atoms. The van der Waals surface area contributed by atoms with Crippen LogP contribution in [0.2, 0.25) is 0 Å². The third-order valence-electron chi connectivity index (χ3n) is 1.99. The zero-order valence-corrected chi connectivity index (χ0v) is 9.13. The number of methoxy groups -OCH3 is 1. The summed E-state index contributed by atoms with van der Waals surface area (Å²) in [5.41, 5.74) is 0. The van der Waals surface area contributed by atoms with E-state index >= 15 is 0 Å². The highest BCUT2D eigenvalue weighted by Crippen LogP contribution is 2.02. The highest BCUT2D eigenvalue weighted by molar-refractivity contribution is 6.32. The van der Waals surface area contributed by atoms with Crippen LogP contribution in [0.1, 0.15) is 39.5 Å². The van der Waals surface area contributed by atoms with Crippen LogP contribution < -0.4 is 5.32 Å². The molecule has 0 fully saturated rings. The molecule has 0 saturated heterocycles. The second-order valence-corrected chi connectivity index (χ2v) is 3.36. The second-order valence-electron chi connectivity index (χ2n) is 3.36. The van der Waals surface area contributed by atoms with Crippen LogP contribution in [0.15, 0.2) is 0 Å². The van der Waals surface area contributed by atoms with E-state index in [9.17, 15) is 9.59 Å². The van der Waals surface area contributed by atoms with E-state index in [2.05, 4.69) is 17.0 Å². The van der Waals surface area contributed by atoms with Gasteiger partial charge in [0, 0.05) is 6.04 Å². The highest BCUT2D eigenvalue weighted by atomic mass is 16.5. The molecule has 1 unspecified atom stereocenters. The number of hydrogen-bond donors (Lipinski definition) is 1. The minimum absolute atomic E-state index is 0.0353. The van der Waals surface area contributed by atoms with Crippen LogP contribution >= 0.6 is 0 Å². The molecule has 0 aliphatic rings. The molecular formula is C10H19NO3. The number of ether oxygens (including phenoxy) is 1. The van der Waals surface area contributed by atoms with Gasteiger partial charge < -0.3 is 10.1 Å². The van der Waals surface area contributed by atoms with Crippen LogP contribution in [0.3, 0.4) is 0 Å². The van der Waals surface area contributed by atoms with Crippen molar-refractivity contribution in [2.24, 2.45) is 0 Å². The minimum atomic E-state index is -0.827. The zero-order valence-electron chi connectivity index (χ0n) is 9.13. The van der Waals surface area contributed by atoms with Gasteiger partial charge in [-0.15, -0.1) is 0 Å². The van der Waals surface area contributed by atoms with Crippen LogP contribution in [0.25, 0.3) is 0 Å². The Morgan fingerprint density at radius 2 is 2.00 bits per heavy atom. The van der Waals surface area contributed by atoms with Gasteiger partial charge in [0.1, 0.15) is 0 Å². The molecule has 1 atom stereocenters. The molecule has 82 valence electrons. The average molecular weight is 201 g/mol. The van der Waals surface area contributed by atoms with Crippen molar-refractivity contribution in [1.82, 2.24) is 5.32 Å². The maximum absolute atomic E-state index is 11.0. The van der Waals surface area contributed by atoms with Gasteiger partial charge in [0.25, 0.3) is 0 Å². The predicted molar refractivity (Wildman–Crippen MR) is 53.8 cm³/mol. The molecule has 0 aromatic rings. The van der Waals surface area contributed by atoms with Crippen molar-refractivity contribution in [2.75, 3.05) is 7.11 Å². The number of nitrogens with one attached hydrogen (secondary N) is 1. The molecule has 1 amide bonds. The van der Waals surface area contributed by atoms with Crippen molar-refractivity contribution in [2.45, 2.75) is 45.6 Å². The summed E-state index contributed by atoms with van der Waals surface area (Å²) in [6.45, 7) is 4.01. The lowest BCUT2D eigenvalue weighted by Gasteiger charge is -2.11. The summed E-state index contributed by atoms with van der Waals surface area (Å²) < 4.78 is 4.29. The van der Waals surface area contributed by atoms with Crippen molar-refractivity contribution in [3.63, 3.8) is 0 Å². The van der Waals surface area contributed by atoms with E-state index in [1.54, 1.807) is 0 Å². The number of amides is 1. The number of rotatable bonds is 5. The minimum Gasteiger partial charge on any atom is -0.462 e. The normalized spacial score (nSPS) is 11.9. The Hall–Kier alpha value is -1.06. The van der Waals surface area contributed by atoms with Gasteiger partial charge in [-0.2, -0.15) is 0 Å². The van der Waals surface area contributed by atoms with Crippen molar-refractivity contribution >= 4 is 11.9 Å². The van der Waals surface area contributed by atoms with E-state index in [-0.39, 0.29) is 6.04 Å². The average Bonchev–Trinajstić information content (AvgIpc) is 2.16. The lowest BCUT2D eigenvalue weighted by atomic mass is 10.1. The summed E-state index contributed by atoms with van der Waals surface area (Å²) in [5, 5.41) is 2.58. The molecule has 4 heteroatoms. The molecule has 0 heterocycles. The SMILES string of the molecule is CCCCCC(C)NC(=O)C(=O)OC. The molecular weight excluding hydrogens is 182 g/mol. The van der Waals surface area contributed by atoms with Crippen LogP contribution in [0.5, 0.6) is 0 Å². The van der Waals surface area contributed by atoms with Gasteiger partial charge in [-0.25, -0.2) is 4.79 Å². The summed E-state index contributed by atoms with van der Waals surface area (Å²) in [5.74, 6) is -1.48. The third-order valence-corrected chi connectivity index (χ3v) is 1.99. The summed E-state index contributed by atoms with van der Waals surface area (Å²) >= 11 is 0. The summed E-state index contributed by atoms with van der Waals surface area (Å²) in [6.07, 6.45) is 4.27. The Kier molecular flexibility index (Phi) is 6.80. The van der Waals surface area contributed by atoms with Gasteiger partial charge >= 0.3 is 11.9 Å². The lowest BCUT2D eigenvalue weighted by Crippen LogP contribution is -2.38. The molecule has 0 radical (unpaired) electrons. The summed E-state index contributed by atoms with van der Waals surface area (Å²) in [4.78, 5) is 21.8. The predicted octanol–water partition coefficient (Wildman–Crippen LogP) is 1.24. The Morgan fingerprint density at radius 1 is 1.36 bits per heavy atom. The van der Waals surface area contributed by atoms with Gasteiger partial charge in [0.05, 0.1) is 7.11 Å². The quantitative estimate of drug-likeness (QED) is 0.413. The first-order valence-electron chi connectivity index (χ1n) is 5.00. The molecule has 0 aliphatic carbocycles. The number of unbranched alkanes of at least 4 members (excludes halogenated alkanes) is 2. The maximum Gasteiger partial charge on any atom is 0.396 e. The van der Waals surface area contributed by atoms with Crippen LogP contribution in [0.4, 0.5) is 0 Å². The number of carbonyl (C=O) groups excluding carboxylic acids is 2. The largest absolute Gasteiger partial charge is 0.462 e. The Morgan fingerprint density at radius 3 is 2.50 bits per heavy atom. The molecule has 0 aromatic heterocycles. The molecule has 0 rings (SSSR count). The van der Waals surface area contributed by atoms with Crippen LogP contribution in [-0.2, 0) is 14.3 Å². The fraction of sp³-hybridized carbons (Fsp3) is 0.800. The van der Waals surface area contributed by atoms with Gasteiger partial charge in [-0.05, 0) is 13.3 Å². The van der Waals surface area contributed by atoms with E-state index < -0.39 is 11.9 Å². The Bertz CT molecular complexity index is 192. The van der Waals surface area contributed by atoms with E-state index in [4.69, 9.17) is 0 Å². The summed E-state index contributed by atoms with van der Waals surface area (Å²) in [7, 11) is 1.20. The fourth-order valence-electron chi connectivity index (χ4n) is 1.15. The lowest BCUT2D eigenvalue weighted by molar-refractivity contribution is -0.153.